The zero-order valence-electron chi connectivity index (χ0n) is 17.6. The van der Waals surface area contributed by atoms with Crippen LogP contribution in [0.5, 0.6) is 0 Å². The Morgan fingerprint density at radius 1 is 1.14 bits per heavy atom. The predicted molar refractivity (Wildman–Crippen MR) is 115 cm³/mol. The molecule has 0 unspecified atom stereocenters. The average molecular weight is 417 g/mol. The van der Waals surface area contributed by atoms with Crippen LogP contribution < -0.4 is 5.32 Å². The summed E-state index contributed by atoms with van der Waals surface area (Å²) in [5, 5.41) is 4.67. The van der Waals surface area contributed by atoms with Gasteiger partial charge in [-0.1, -0.05) is 19.1 Å². The molecule has 1 atom stereocenters. The fourth-order valence-electron chi connectivity index (χ4n) is 2.80. The molecule has 2 aromatic rings. The van der Waals surface area contributed by atoms with Crippen molar-refractivity contribution in [2.75, 3.05) is 18.5 Å². The molecule has 0 aliphatic heterocycles. The summed E-state index contributed by atoms with van der Waals surface area (Å²) in [7, 11) is 0. The molecule has 0 fully saturated rings. The molecule has 0 aliphatic carbocycles. The van der Waals surface area contributed by atoms with Gasteiger partial charge in [-0.05, 0) is 68.3 Å². The number of carbonyl (C=O) groups excluding carboxylic acids is 3. The molecule has 0 bridgehead atoms. The Morgan fingerprint density at radius 3 is 2.48 bits per heavy atom. The number of ether oxygens (including phenoxy) is 1. The van der Waals surface area contributed by atoms with Gasteiger partial charge in [0.1, 0.15) is 11.4 Å². The van der Waals surface area contributed by atoms with Crippen LogP contribution in [0.15, 0.2) is 29.6 Å². The van der Waals surface area contributed by atoms with Crippen molar-refractivity contribution in [1.29, 1.82) is 0 Å². The molecular weight excluding hydrogens is 388 g/mol. The van der Waals surface area contributed by atoms with Crippen LogP contribution in [-0.4, -0.2) is 41.9 Å². The van der Waals surface area contributed by atoms with Gasteiger partial charge in [-0.2, -0.15) is 0 Å². The number of benzene rings is 1. The van der Waals surface area contributed by atoms with Crippen molar-refractivity contribution in [2.24, 2.45) is 0 Å². The highest BCUT2D eigenvalue weighted by Crippen LogP contribution is 2.19. The van der Waals surface area contributed by atoms with Crippen molar-refractivity contribution >= 4 is 34.8 Å². The summed E-state index contributed by atoms with van der Waals surface area (Å²) in [6.45, 7) is 9.05. The average Bonchev–Trinajstić information content (AvgIpc) is 3.13. The zero-order valence-corrected chi connectivity index (χ0v) is 18.4. The second-order valence-electron chi connectivity index (χ2n) is 7.08. The smallest absolute Gasteiger partial charge is 0.349 e. The summed E-state index contributed by atoms with van der Waals surface area (Å²) < 4.78 is 5.19. The monoisotopic (exact) mass is 416 g/mol. The van der Waals surface area contributed by atoms with Crippen LogP contribution >= 0.6 is 11.3 Å². The van der Waals surface area contributed by atoms with Gasteiger partial charge in [-0.15, -0.1) is 11.3 Å². The molecule has 1 N–H and O–H groups in total. The fourth-order valence-corrected chi connectivity index (χ4v) is 3.62. The van der Waals surface area contributed by atoms with Gasteiger partial charge < -0.3 is 15.0 Å². The highest BCUT2D eigenvalue weighted by atomic mass is 32.1. The molecule has 0 saturated carbocycles. The molecule has 6 nitrogen and oxygen atoms in total. The molecule has 2 rings (SSSR count). The number of carbonyl (C=O) groups is 3. The van der Waals surface area contributed by atoms with E-state index in [2.05, 4.69) is 5.32 Å². The minimum atomic E-state index is -0.519. The van der Waals surface area contributed by atoms with Crippen LogP contribution in [0.1, 0.15) is 46.6 Å². The maximum absolute atomic E-state index is 12.7. The predicted octanol–water partition coefficient (Wildman–Crippen LogP) is 4.10. The first-order valence-corrected chi connectivity index (χ1v) is 10.5. The number of nitrogens with zero attached hydrogens (tertiary/aromatic N) is 1. The first-order valence-electron chi connectivity index (χ1n) is 9.61. The van der Waals surface area contributed by atoms with Crippen molar-refractivity contribution < 1.29 is 19.1 Å². The second-order valence-corrected chi connectivity index (χ2v) is 8.00. The molecule has 0 radical (unpaired) electrons. The lowest BCUT2D eigenvalue weighted by molar-refractivity contribution is -0.139. The number of esters is 1. The van der Waals surface area contributed by atoms with E-state index < -0.39 is 18.5 Å². The van der Waals surface area contributed by atoms with Gasteiger partial charge in [0.2, 0.25) is 5.91 Å². The Morgan fingerprint density at radius 2 is 1.86 bits per heavy atom. The van der Waals surface area contributed by atoms with Gasteiger partial charge in [0, 0.05) is 11.7 Å². The van der Waals surface area contributed by atoms with Crippen molar-refractivity contribution in [1.82, 2.24) is 4.90 Å². The van der Waals surface area contributed by atoms with E-state index >= 15 is 0 Å². The van der Waals surface area contributed by atoms with Crippen LogP contribution in [0.4, 0.5) is 5.69 Å². The number of hydrogen-bond acceptors (Lipinski definition) is 5. The van der Waals surface area contributed by atoms with E-state index in [1.807, 2.05) is 58.9 Å². The first-order chi connectivity index (χ1) is 13.7. The number of anilines is 1. The van der Waals surface area contributed by atoms with Gasteiger partial charge in [-0.3, -0.25) is 9.59 Å². The lowest BCUT2D eigenvalue weighted by Crippen LogP contribution is -2.45. The number of thiophene rings is 1. The second kappa shape index (κ2) is 10.2. The summed E-state index contributed by atoms with van der Waals surface area (Å²) in [6, 6.07) is 7.35. The van der Waals surface area contributed by atoms with E-state index in [0.717, 1.165) is 22.4 Å². The lowest BCUT2D eigenvalue weighted by atomic mass is 10.1. The largest absolute Gasteiger partial charge is 0.451 e. The first kappa shape index (κ1) is 22.6. The van der Waals surface area contributed by atoms with E-state index in [9.17, 15) is 14.4 Å². The molecule has 1 aromatic heterocycles. The summed E-state index contributed by atoms with van der Waals surface area (Å²) in [4.78, 5) is 39.4. The van der Waals surface area contributed by atoms with Crippen molar-refractivity contribution in [3.05, 3.63) is 51.2 Å². The molecule has 7 heteroatoms. The van der Waals surface area contributed by atoms with Crippen molar-refractivity contribution in [3.8, 4) is 0 Å². The maximum atomic E-state index is 12.7. The number of amides is 2. The van der Waals surface area contributed by atoms with Crippen LogP contribution in [0.2, 0.25) is 0 Å². The van der Waals surface area contributed by atoms with E-state index in [1.165, 1.54) is 16.2 Å². The number of nitrogens with one attached hydrogen (secondary N) is 1. The van der Waals surface area contributed by atoms with Gasteiger partial charge in [0.25, 0.3) is 5.91 Å². The van der Waals surface area contributed by atoms with Crippen molar-refractivity contribution in [2.45, 2.75) is 47.1 Å². The van der Waals surface area contributed by atoms with E-state index in [-0.39, 0.29) is 18.5 Å². The number of hydrogen-bond donors (Lipinski definition) is 1. The van der Waals surface area contributed by atoms with Crippen LogP contribution in [-0.2, 0) is 14.3 Å². The summed E-state index contributed by atoms with van der Waals surface area (Å²) in [5.74, 6) is -1.19. The van der Waals surface area contributed by atoms with Gasteiger partial charge in [-0.25, -0.2) is 4.79 Å². The Bertz CT molecular complexity index is 891. The number of aryl methyl sites for hydroxylation is 2. The van der Waals surface area contributed by atoms with Gasteiger partial charge >= 0.3 is 5.97 Å². The molecule has 29 heavy (non-hydrogen) atoms. The summed E-state index contributed by atoms with van der Waals surface area (Å²) in [5.41, 5.74) is 3.61. The van der Waals surface area contributed by atoms with E-state index in [1.54, 1.807) is 5.38 Å². The third-order valence-electron chi connectivity index (χ3n) is 5.01. The highest BCUT2D eigenvalue weighted by Gasteiger charge is 2.24. The quantitative estimate of drug-likeness (QED) is 0.658. The zero-order chi connectivity index (χ0) is 21.6. The van der Waals surface area contributed by atoms with Crippen LogP contribution in [0.25, 0.3) is 0 Å². The highest BCUT2D eigenvalue weighted by molar-refractivity contribution is 7.12. The summed E-state index contributed by atoms with van der Waals surface area (Å²) >= 11 is 1.28. The number of rotatable bonds is 8. The van der Waals surface area contributed by atoms with Crippen LogP contribution in [0, 0.1) is 20.8 Å². The molecule has 156 valence electrons. The Hall–Kier alpha value is -2.67. The van der Waals surface area contributed by atoms with Crippen molar-refractivity contribution in [3.63, 3.8) is 0 Å². The normalized spacial score (nSPS) is 11.6. The minimum absolute atomic E-state index is 0.100. The molecule has 0 saturated heterocycles. The fraction of sp³-hybridized carbons (Fsp3) is 0.409. The van der Waals surface area contributed by atoms with E-state index in [4.69, 9.17) is 4.74 Å². The SMILES string of the molecule is CC[C@@H](C)N(CC(=O)Nc1cccc(C)c1C)C(=O)COC(=O)c1sccc1C. The van der Waals surface area contributed by atoms with E-state index in [0.29, 0.717) is 11.3 Å². The molecule has 0 aliphatic rings. The molecule has 2 amide bonds. The standard InChI is InChI=1S/C22H28N2O4S/c1-6-16(4)24(12-19(25)23-18-9-7-8-14(2)17(18)5)20(26)13-28-22(27)21-15(3)10-11-29-21/h7-11,16H,6,12-13H2,1-5H3,(H,23,25)/t16-/m1/s1. The molecule has 1 heterocycles. The Balaban J connectivity index is 2.01. The summed E-state index contributed by atoms with van der Waals surface area (Å²) in [6.07, 6.45) is 0.681. The minimum Gasteiger partial charge on any atom is -0.451 e. The Labute approximate surface area is 175 Å². The molecule has 1 aromatic carbocycles. The molecular formula is C22H28N2O4S. The molecule has 0 spiro atoms. The lowest BCUT2D eigenvalue weighted by Gasteiger charge is -2.28. The van der Waals surface area contributed by atoms with Crippen LogP contribution in [0.3, 0.4) is 0 Å². The topological polar surface area (TPSA) is 75.7 Å². The third-order valence-corrected chi connectivity index (χ3v) is 6.01. The Kier molecular flexibility index (Phi) is 7.96. The van der Waals surface area contributed by atoms with Gasteiger partial charge in [0.15, 0.2) is 6.61 Å². The van der Waals surface area contributed by atoms with Gasteiger partial charge in [0.05, 0.1) is 0 Å². The maximum Gasteiger partial charge on any atom is 0.349 e. The third kappa shape index (κ3) is 5.90.